The van der Waals surface area contributed by atoms with Crippen molar-refractivity contribution in [1.82, 2.24) is 4.90 Å². The maximum atomic E-state index is 12.7. The van der Waals surface area contributed by atoms with Crippen molar-refractivity contribution in [3.63, 3.8) is 0 Å². The Kier molecular flexibility index (Phi) is 6.50. The van der Waals surface area contributed by atoms with E-state index >= 15 is 0 Å². The minimum Gasteiger partial charge on any atom is -0.337 e. The summed E-state index contributed by atoms with van der Waals surface area (Å²) in [6.45, 7) is 0.542. The van der Waals surface area contributed by atoms with Gasteiger partial charge in [0.15, 0.2) is 0 Å². The zero-order chi connectivity index (χ0) is 19.9. The van der Waals surface area contributed by atoms with Crippen LogP contribution in [-0.4, -0.2) is 30.0 Å². The Morgan fingerprint density at radius 3 is 2.11 bits per heavy atom. The number of nitrogens with zero attached hydrogens (tertiary/aromatic N) is 1. The average Bonchev–Trinajstić information content (AvgIpc) is 2.75. The first-order valence-electron chi connectivity index (χ1n) is 8.91. The van der Waals surface area contributed by atoms with Gasteiger partial charge in [-0.25, -0.2) is 0 Å². The van der Waals surface area contributed by atoms with Crippen molar-refractivity contribution in [3.05, 3.63) is 95.6 Å². The maximum absolute atomic E-state index is 12.7. The molecule has 3 aromatic carbocycles. The van der Waals surface area contributed by atoms with E-state index in [-0.39, 0.29) is 11.8 Å². The first-order chi connectivity index (χ1) is 13.6. The van der Waals surface area contributed by atoms with E-state index in [1.165, 1.54) is 4.90 Å². The molecular weight excluding hydrogens is 368 g/mol. The van der Waals surface area contributed by atoms with Crippen molar-refractivity contribution in [2.24, 2.45) is 0 Å². The number of rotatable bonds is 6. The Balaban J connectivity index is 1.61. The lowest BCUT2D eigenvalue weighted by molar-refractivity contribution is 0.0785. The topological polar surface area (TPSA) is 49.4 Å². The van der Waals surface area contributed by atoms with E-state index < -0.39 is 0 Å². The second-order valence-electron chi connectivity index (χ2n) is 6.41. The second kappa shape index (κ2) is 9.24. The van der Waals surface area contributed by atoms with Crippen LogP contribution < -0.4 is 5.32 Å². The molecule has 0 aliphatic rings. The molecule has 0 aliphatic carbocycles. The Bertz CT molecular complexity index is 939. The first kappa shape index (κ1) is 19.7. The predicted octanol–water partition coefficient (Wildman–Crippen LogP) is 4.93. The smallest absolute Gasteiger partial charge is 0.255 e. The van der Waals surface area contributed by atoms with Crippen molar-refractivity contribution in [3.8, 4) is 0 Å². The second-order valence-corrected chi connectivity index (χ2v) is 7.29. The fourth-order valence-corrected chi connectivity index (χ4v) is 3.19. The lowest BCUT2D eigenvalue weighted by Crippen LogP contribution is -2.26. The molecule has 0 fully saturated rings. The fraction of sp³-hybridized carbons (Fsp3) is 0.130. The molecular formula is C23H22N2O2S. The van der Waals surface area contributed by atoms with Gasteiger partial charge in [-0.05, 0) is 60.4 Å². The Hall–Kier alpha value is -3.05. The zero-order valence-electron chi connectivity index (χ0n) is 15.9. The first-order valence-corrected chi connectivity index (χ1v) is 10.1. The monoisotopic (exact) mass is 390 g/mol. The van der Waals surface area contributed by atoms with E-state index in [0.717, 1.165) is 5.56 Å². The number of hydrogen-bond acceptors (Lipinski definition) is 3. The van der Waals surface area contributed by atoms with E-state index in [9.17, 15) is 9.59 Å². The van der Waals surface area contributed by atoms with Crippen molar-refractivity contribution in [2.45, 2.75) is 11.4 Å². The molecule has 0 aliphatic heterocycles. The predicted molar refractivity (Wildman–Crippen MR) is 115 cm³/mol. The third kappa shape index (κ3) is 5.02. The number of hydrogen-bond donors (Lipinski definition) is 1. The molecule has 3 aromatic rings. The van der Waals surface area contributed by atoms with E-state index in [4.69, 9.17) is 0 Å². The summed E-state index contributed by atoms with van der Waals surface area (Å²) in [5, 5.41) is 2.84. The van der Waals surface area contributed by atoms with Crippen molar-refractivity contribution >= 4 is 29.3 Å². The van der Waals surface area contributed by atoms with Gasteiger partial charge in [-0.1, -0.05) is 30.3 Å². The van der Waals surface area contributed by atoms with Crippen LogP contribution >= 0.6 is 11.8 Å². The molecule has 1 N–H and O–H groups in total. The highest BCUT2D eigenvalue weighted by Gasteiger charge is 2.13. The van der Waals surface area contributed by atoms with Crippen LogP contribution in [0.5, 0.6) is 0 Å². The van der Waals surface area contributed by atoms with Crippen molar-refractivity contribution in [2.75, 3.05) is 18.6 Å². The highest BCUT2D eigenvalue weighted by Crippen LogP contribution is 2.17. The molecule has 4 nitrogen and oxygen atoms in total. The molecule has 0 heterocycles. The van der Waals surface area contributed by atoms with Gasteiger partial charge < -0.3 is 10.2 Å². The Morgan fingerprint density at radius 1 is 0.857 bits per heavy atom. The molecule has 5 heteroatoms. The molecule has 142 valence electrons. The van der Waals surface area contributed by atoms with Gasteiger partial charge >= 0.3 is 0 Å². The fourth-order valence-electron chi connectivity index (χ4n) is 2.79. The standard InChI is InChI=1S/C23H22N2O2S/c1-25(16-17-8-14-21(28-2)15-9-17)23(27)19-10-12-20(13-11-19)24-22(26)18-6-4-3-5-7-18/h3-15H,16H2,1-2H3,(H,24,26). The molecule has 0 atom stereocenters. The van der Waals surface area contributed by atoms with Crippen LogP contribution in [0.4, 0.5) is 5.69 Å². The Morgan fingerprint density at radius 2 is 1.50 bits per heavy atom. The molecule has 0 saturated heterocycles. The molecule has 2 amide bonds. The lowest BCUT2D eigenvalue weighted by atomic mass is 10.1. The number of carbonyl (C=O) groups excluding carboxylic acids is 2. The summed E-state index contributed by atoms with van der Waals surface area (Å²) in [5.41, 5.74) is 2.91. The molecule has 0 spiro atoms. The number of benzene rings is 3. The SMILES string of the molecule is CSc1ccc(CN(C)C(=O)c2ccc(NC(=O)c3ccccc3)cc2)cc1. The van der Waals surface area contributed by atoms with E-state index in [2.05, 4.69) is 17.4 Å². The number of nitrogens with one attached hydrogen (secondary N) is 1. The van der Waals surface area contributed by atoms with E-state index in [1.807, 2.05) is 36.6 Å². The molecule has 0 radical (unpaired) electrons. The van der Waals surface area contributed by atoms with Gasteiger partial charge in [-0.15, -0.1) is 11.8 Å². The highest BCUT2D eigenvalue weighted by atomic mass is 32.2. The van der Waals surface area contributed by atoms with E-state index in [1.54, 1.807) is 60.1 Å². The molecule has 28 heavy (non-hydrogen) atoms. The normalized spacial score (nSPS) is 10.4. The minimum absolute atomic E-state index is 0.0603. The van der Waals surface area contributed by atoms with Crippen molar-refractivity contribution < 1.29 is 9.59 Å². The van der Waals surface area contributed by atoms with Crippen LogP contribution in [0.15, 0.2) is 83.8 Å². The van der Waals surface area contributed by atoms with Gasteiger partial charge in [0, 0.05) is 35.3 Å². The number of anilines is 1. The summed E-state index contributed by atoms with van der Waals surface area (Å²) in [5.74, 6) is -0.236. The van der Waals surface area contributed by atoms with Gasteiger partial charge in [0.1, 0.15) is 0 Å². The number of thioether (sulfide) groups is 1. The van der Waals surface area contributed by atoms with Crippen LogP contribution in [0.25, 0.3) is 0 Å². The molecule has 0 bridgehead atoms. The Labute approximate surface area is 169 Å². The molecule has 0 aromatic heterocycles. The quantitative estimate of drug-likeness (QED) is 0.607. The van der Waals surface area contributed by atoms with Gasteiger partial charge in [0.25, 0.3) is 11.8 Å². The highest BCUT2D eigenvalue weighted by molar-refractivity contribution is 7.98. The maximum Gasteiger partial charge on any atom is 0.255 e. The minimum atomic E-state index is -0.175. The molecule has 3 rings (SSSR count). The molecule has 0 unspecified atom stereocenters. The van der Waals surface area contributed by atoms with E-state index in [0.29, 0.717) is 23.4 Å². The third-order valence-corrected chi connectivity index (χ3v) is 5.09. The summed E-state index contributed by atoms with van der Waals surface area (Å²) in [7, 11) is 1.79. The van der Waals surface area contributed by atoms with Crippen molar-refractivity contribution in [1.29, 1.82) is 0 Å². The molecule has 0 saturated carbocycles. The van der Waals surface area contributed by atoms with Gasteiger partial charge in [0.05, 0.1) is 0 Å². The van der Waals surface area contributed by atoms with Gasteiger partial charge in [0.2, 0.25) is 0 Å². The number of amides is 2. The third-order valence-electron chi connectivity index (χ3n) is 4.35. The summed E-state index contributed by atoms with van der Waals surface area (Å²) in [4.78, 5) is 27.7. The van der Waals surface area contributed by atoms with Gasteiger partial charge in [-0.2, -0.15) is 0 Å². The van der Waals surface area contributed by atoms with Crippen LogP contribution in [-0.2, 0) is 6.54 Å². The number of carbonyl (C=O) groups is 2. The van der Waals surface area contributed by atoms with Crippen LogP contribution in [0.2, 0.25) is 0 Å². The van der Waals surface area contributed by atoms with Crippen LogP contribution in [0.3, 0.4) is 0 Å². The van der Waals surface area contributed by atoms with Gasteiger partial charge in [-0.3, -0.25) is 9.59 Å². The lowest BCUT2D eigenvalue weighted by Gasteiger charge is -2.18. The summed E-state index contributed by atoms with van der Waals surface area (Å²) in [6.07, 6.45) is 2.04. The van der Waals surface area contributed by atoms with Crippen LogP contribution in [0.1, 0.15) is 26.3 Å². The van der Waals surface area contributed by atoms with Crippen LogP contribution in [0, 0.1) is 0 Å². The summed E-state index contributed by atoms with van der Waals surface area (Å²) >= 11 is 1.69. The largest absolute Gasteiger partial charge is 0.337 e. The average molecular weight is 391 g/mol. The zero-order valence-corrected chi connectivity index (χ0v) is 16.7. The summed E-state index contributed by atoms with van der Waals surface area (Å²) < 4.78 is 0. The summed E-state index contributed by atoms with van der Waals surface area (Å²) in [6, 6.07) is 24.2.